The van der Waals surface area contributed by atoms with Gasteiger partial charge in [-0.15, -0.1) is 0 Å². The van der Waals surface area contributed by atoms with Crippen LogP contribution < -0.4 is 10.2 Å². The van der Waals surface area contributed by atoms with Crippen molar-refractivity contribution < 1.29 is 40.7 Å². The Morgan fingerprint density at radius 1 is 1.00 bits per heavy atom. The van der Waals surface area contributed by atoms with Crippen molar-refractivity contribution >= 4 is 27.5 Å². The van der Waals surface area contributed by atoms with E-state index in [9.17, 15) is 40.7 Å². The molecule has 1 saturated heterocycles. The first-order valence-electron chi connectivity index (χ1n) is 14.5. The van der Waals surface area contributed by atoms with Crippen molar-refractivity contribution in [1.82, 2.24) is 14.6 Å². The average molecular weight is 649 g/mol. The van der Waals surface area contributed by atoms with Gasteiger partial charge in [-0.3, -0.25) is 14.6 Å². The van der Waals surface area contributed by atoms with E-state index >= 15 is 0 Å². The second-order valence-corrected chi connectivity index (χ2v) is 13.1. The summed E-state index contributed by atoms with van der Waals surface area (Å²) in [6.07, 6.45) is 7.19. The smallest absolute Gasteiger partial charge is 0.254 e. The molecule has 0 bridgehead atoms. The Morgan fingerprint density at radius 2 is 1.67 bits per heavy atom. The fourth-order valence-electron chi connectivity index (χ4n) is 5.82. The first-order valence-corrected chi connectivity index (χ1v) is 16.0. The van der Waals surface area contributed by atoms with Gasteiger partial charge in [0.15, 0.2) is 28.2 Å². The highest BCUT2D eigenvalue weighted by molar-refractivity contribution is 7.89. The molecule has 2 aliphatic rings. The number of nitrogens with one attached hydrogen (secondary N) is 1. The number of amides is 2. The Kier molecular flexibility index (Phi) is 9.17. The molecule has 0 spiro atoms. The lowest BCUT2D eigenvalue weighted by Crippen LogP contribution is -2.59. The van der Waals surface area contributed by atoms with E-state index in [1.807, 2.05) is 6.07 Å². The van der Waals surface area contributed by atoms with Gasteiger partial charge in [0.05, 0.1) is 17.8 Å². The number of carbonyl (C=O) groups is 2. The molecule has 0 unspecified atom stereocenters. The summed E-state index contributed by atoms with van der Waals surface area (Å²) in [6.45, 7) is 0.225. The van der Waals surface area contributed by atoms with Crippen molar-refractivity contribution in [2.24, 2.45) is 0 Å². The van der Waals surface area contributed by atoms with Crippen molar-refractivity contribution in [3.63, 3.8) is 0 Å². The van der Waals surface area contributed by atoms with Gasteiger partial charge in [-0.1, -0.05) is 25.3 Å². The number of nitrogens with zero attached hydrogens (tertiary/aromatic N) is 3. The topological polar surface area (TPSA) is 120 Å². The second kappa shape index (κ2) is 12.8. The third-order valence-electron chi connectivity index (χ3n) is 8.54. The van der Waals surface area contributed by atoms with Gasteiger partial charge in [-0.2, -0.15) is 4.31 Å². The van der Waals surface area contributed by atoms with E-state index < -0.39 is 67.4 Å². The molecule has 45 heavy (non-hydrogen) atoms. The molecule has 1 aliphatic heterocycles. The Labute approximate surface area is 257 Å². The highest BCUT2D eigenvalue weighted by Crippen LogP contribution is 2.36. The number of benzene rings is 2. The minimum absolute atomic E-state index is 0.0645. The summed E-state index contributed by atoms with van der Waals surface area (Å²) >= 11 is 0. The van der Waals surface area contributed by atoms with Gasteiger partial charge >= 0.3 is 0 Å². The molecule has 0 radical (unpaired) electrons. The number of hydrogen-bond acceptors (Lipinski definition) is 6. The molecule has 9 nitrogen and oxygen atoms in total. The Bertz CT molecular complexity index is 1720. The molecule has 3 aromatic rings. The third kappa shape index (κ3) is 6.00. The number of rotatable bonds is 8. The van der Waals surface area contributed by atoms with Crippen molar-refractivity contribution in [3.05, 3.63) is 82.2 Å². The number of phenolic OH excluding ortho intramolecular Hbond substituents is 1. The summed E-state index contributed by atoms with van der Waals surface area (Å²) in [4.78, 5) is 29.9. The van der Waals surface area contributed by atoms with E-state index in [0.717, 1.165) is 49.1 Å². The van der Waals surface area contributed by atoms with Crippen molar-refractivity contribution in [3.8, 4) is 5.75 Å². The molecule has 2 amide bonds. The fraction of sp³-hybridized carbons (Fsp3) is 0.387. The molecule has 5 rings (SSSR count). The molecule has 2 fully saturated rings. The molecule has 1 aromatic heterocycles. The Morgan fingerprint density at radius 3 is 2.20 bits per heavy atom. The molecular formula is C31H32F4N4O5S. The predicted octanol–water partition coefficient (Wildman–Crippen LogP) is 5.06. The third-order valence-corrected chi connectivity index (χ3v) is 10.5. The molecule has 240 valence electrons. The number of hydrogen-bond donors (Lipinski definition) is 2. The van der Waals surface area contributed by atoms with E-state index in [0.29, 0.717) is 15.9 Å². The number of phenols is 1. The van der Waals surface area contributed by atoms with Crippen LogP contribution in [0.15, 0.2) is 41.4 Å². The lowest BCUT2D eigenvalue weighted by Gasteiger charge is -2.41. The van der Waals surface area contributed by atoms with Crippen LogP contribution in [0.2, 0.25) is 0 Å². The van der Waals surface area contributed by atoms with Crippen LogP contribution in [0.3, 0.4) is 0 Å². The predicted molar refractivity (Wildman–Crippen MR) is 156 cm³/mol. The zero-order valence-electron chi connectivity index (χ0n) is 24.6. The first kappa shape index (κ1) is 32.4. The molecule has 1 aliphatic carbocycles. The van der Waals surface area contributed by atoms with Crippen LogP contribution in [0.5, 0.6) is 5.75 Å². The van der Waals surface area contributed by atoms with Crippen molar-refractivity contribution in [2.45, 2.75) is 68.8 Å². The van der Waals surface area contributed by atoms with E-state index in [1.165, 1.54) is 25.6 Å². The number of aromatic hydroxyl groups is 1. The van der Waals surface area contributed by atoms with Crippen LogP contribution in [0.1, 0.15) is 71.6 Å². The van der Waals surface area contributed by atoms with Crippen molar-refractivity contribution in [2.75, 3.05) is 18.5 Å². The zero-order valence-corrected chi connectivity index (χ0v) is 25.4. The normalized spacial score (nSPS) is 17.5. The van der Waals surface area contributed by atoms with E-state index in [1.54, 1.807) is 12.3 Å². The van der Waals surface area contributed by atoms with Gasteiger partial charge in [0, 0.05) is 37.1 Å². The monoisotopic (exact) mass is 648 g/mol. The quantitative estimate of drug-likeness (QED) is 0.261. The van der Waals surface area contributed by atoms with Gasteiger partial charge in [0.2, 0.25) is 15.9 Å². The molecule has 2 N–H and O–H groups in total. The number of sulfonamides is 1. The van der Waals surface area contributed by atoms with Gasteiger partial charge < -0.3 is 15.3 Å². The van der Waals surface area contributed by atoms with Crippen LogP contribution in [0.25, 0.3) is 0 Å². The van der Waals surface area contributed by atoms with Crippen LogP contribution >= 0.6 is 0 Å². The molecule has 2 aromatic carbocycles. The van der Waals surface area contributed by atoms with Crippen molar-refractivity contribution in [1.29, 1.82) is 0 Å². The lowest BCUT2D eigenvalue weighted by atomic mass is 9.85. The van der Waals surface area contributed by atoms with Gasteiger partial charge in [-0.05, 0) is 55.9 Å². The number of pyridine rings is 1. The van der Waals surface area contributed by atoms with E-state index in [2.05, 4.69) is 10.3 Å². The summed E-state index contributed by atoms with van der Waals surface area (Å²) in [5.74, 6) is -9.40. The fourth-order valence-corrected chi connectivity index (χ4v) is 7.57. The second-order valence-electron chi connectivity index (χ2n) is 11.3. The van der Waals surface area contributed by atoms with Crippen LogP contribution in [-0.4, -0.2) is 54.3 Å². The summed E-state index contributed by atoms with van der Waals surface area (Å²) < 4.78 is 85.3. The zero-order chi connectivity index (χ0) is 32.6. The van der Waals surface area contributed by atoms with E-state index in [4.69, 9.17) is 0 Å². The highest BCUT2D eigenvalue weighted by atomic mass is 32.2. The number of anilines is 1. The summed E-state index contributed by atoms with van der Waals surface area (Å²) in [7, 11) is -3.85. The highest BCUT2D eigenvalue weighted by Gasteiger charge is 2.47. The van der Waals surface area contributed by atoms with E-state index in [-0.39, 0.29) is 30.8 Å². The SMILES string of the molecule is CNC(=O)c1ccc(N(Cc2ccc(C3CCCCC3)cn2)C(=O)[C@H]2CCN2S(=O)(=O)c2c(F)c(F)c(C)c(F)c2F)cc1O. The maximum Gasteiger partial charge on any atom is 0.254 e. The molecule has 2 heterocycles. The largest absolute Gasteiger partial charge is 0.507 e. The maximum atomic E-state index is 14.8. The molecule has 1 atom stereocenters. The number of carbonyl (C=O) groups excluding carboxylic acids is 2. The lowest BCUT2D eigenvalue weighted by molar-refractivity contribution is -0.125. The molecule has 1 saturated carbocycles. The maximum absolute atomic E-state index is 14.8. The minimum atomic E-state index is -5.22. The molecular weight excluding hydrogens is 616 g/mol. The summed E-state index contributed by atoms with van der Waals surface area (Å²) in [5.41, 5.74) is 0.463. The standard InChI is InChI=1S/C31H32F4N4O5S/c1-17-25(32)27(34)29(28(35)26(17)33)45(43,44)39-13-12-23(39)31(42)38(21-10-11-22(24(40)14-21)30(41)36-2)16-20-9-8-19(15-37-20)18-6-4-3-5-7-18/h8-11,14-15,18,23,40H,3-7,12-13,16H2,1-2H3,(H,36,41)/t23-/m1/s1. The van der Waals surface area contributed by atoms with Crippen LogP contribution in [-0.2, 0) is 21.4 Å². The Balaban J connectivity index is 1.49. The van der Waals surface area contributed by atoms with Crippen LogP contribution in [0, 0.1) is 30.2 Å². The Hall–Kier alpha value is -4.04. The van der Waals surface area contributed by atoms with Crippen LogP contribution in [0.4, 0.5) is 23.2 Å². The minimum Gasteiger partial charge on any atom is -0.507 e. The number of halogens is 4. The molecule has 14 heteroatoms. The van der Waals surface area contributed by atoms with Gasteiger partial charge in [0.1, 0.15) is 11.8 Å². The summed E-state index contributed by atoms with van der Waals surface area (Å²) in [5, 5.41) is 13.0. The number of aromatic nitrogens is 1. The summed E-state index contributed by atoms with van der Waals surface area (Å²) in [6, 6.07) is 5.96. The first-order chi connectivity index (χ1) is 21.4. The van der Waals surface area contributed by atoms with Gasteiger partial charge in [-0.25, -0.2) is 26.0 Å². The van der Waals surface area contributed by atoms with Gasteiger partial charge in [0.25, 0.3) is 5.91 Å². The average Bonchev–Trinajstić information content (AvgIpc) is 3.01.